The van der Waals surface area contributed by atoms with Crippen molar-refractivity contribution >= 4 is 29.3 Å². The van der Waals surface area contributed by atoms with Gasteiger partial charge in [-0.15, -0.1) is 0 Å². The van der Waals surface area contributed by atoms with E-state index in [9.17, 15) is 4.79 Å². The first-order chi connectivity index (χ1) is 12.2. The lowest BCUT2D eigenvalue weighted by molar-refractivity contribution is 0.0759. The fourth-order valence-electron chi connectivity index (χ4n) is 3.34. The minimum atomic E-state index is 0.0172. The minimum Gasteiger partial charge on any atom is -0.477 e. The average Bonchev–Trinajstić information content (AvgIpc) is 2.91. The summed E-state index contributed by atoms with van der Waals surface area (Å²) in [5.74, 6) is 1.53. The largest absolute Gasteiger partial charge is 0.477 e. The molecule has 132 valence electrons. The van der Waals surface area contributed by atoms with Gasteiger partial charge in [-0.2, -0.15) is 16.9 Å². The first kappa shape index (κ1) is 16.8. The van der Waals surface area contributed by atoms with Crippen molar-refractivity contribution in [1.29, 1.82) is 0 Å². The van der Waals surface area contributed by atoms with Crippen LogP contribution in [0.2, 0.25) is 5.02 Å². The Morgan fingerprint density at radius 2 is 2.16 bits per heavy atom. The maximum absolute atomic E-state index is 13.0. The van der Waals surface area contributed by atoms with Crippen LogP contribution >= 0.6 is 23.4 Å². The summed E-state index contributed by atoms with van der Waals surface area (Å²) in [5.41, 5.74) is 1.75. The van der Waals surface area contributed by atoms with E-state index in [1.165, 1.54) is 0 Å². The number of hydrogen-bond acceptors (Lipinski definition) is 4. The predicted molar refractivity (Wildman–Crippen MR) is 99.5 cm³/mol. The van der Waals surface area contributed by atoms with Crippen molar-refractivity contribution in [3.8, 4) is 5.88 Å². The number of thioether (sulfide) groups is 1. The highest BCUT2D eigenvalue weighted by Gasteiger charge is 2.28. The van der Waals surface area contributed by atoms with Gasteiger partial charge in [0.1, 0.15) is 5.56 Å². The summed E-state index contributed by atoms with van der Waals surface area (Å²) in [4.78, 5) is 14.9. The third kappa shape index (κ3) is 3.37. The van der Waals surface area contributed by atoms with Gasteiger partial charge in [0.2, 0.25) is 5.88 Å². The lowest BCUT2D eigenvalue weighted by Gasteiger charge is -2.21. The van der Waals surface area contributed by atoms with Gasteiger partial charge in [0.25, 0.3) is 5.91 Å². The zero-order chi connectivity index (χ0) is 17.2. The Bertz CT molecular complexity index is 779. The molecule has 1 aromatic carbocycles. The number of carbonyl (C=O) groups is 1. The van der Waals surface area contributed by atoms with E-state index in [4.69, 9.17) is 16.3 Å². The average molecular weight is 378 g/mol. The van der Waals surface area contributed by atoms with E-state index in [0.717, 1.165) is 42.3 Å². The fraction of sp³-hybridized carbons (Fsp3) is 0.444. The lowest BCUT2D eigenvalue weighted by atomic mass is 10.1. The molecule has 1 fully saturated rings. The quantitative estimate of drug-likeness (QED) is 0.801. The van der Waals surface area contributed by atoms with Crippen LogP contribution in [0.15, 0.2) is 30.5 Å². The maximum Gasteiger partial charge on any atom is 0.261 e. The number of fused-ring (bicyclic) bond motifs is 1. The van der Waals surface area contributed by atoms with Gasteiger partial charge in [0.15, 0.2) is 0 Å². The summed E-state index contributed by atoms with van der Waals surface area (Å²) in [6.07, 6.45) is 3.47. The molecule has 0 N–H and O–H groups in total. The number of benzene rings is 1. The molecule has 0 aliphatic carbocycles. The summed E-state index contributed by atoms with van der Waals surface area (Å²) in [7, 11) is 0. The fourth-order valence-corrected chi connectivity index (χ4v) is 4.94. The second-order valence-corrected chi connectivity index (χ2v) is 7.97. The number of hydrogen-bond donors (Lipinski definition) is 0. The first-order valence-corrected chi connectivity index (χ1v) is 10.0. The summed E-state index contributed by atoms with van der Waals surface area (Å²) < 4.78 is 7.46. The summed E-state index contributed by atoms with van der Waals surface area (Å²) in [6, 6.07) is 7.99. The molecule has 4 rings (SSSR count). The molecule has 25 heavy (non-hydrogen) atoms. The van der Waals surface area contributed by atoms with Crippen molar-refractivity contribution in [2.24, 2.45) is 0 Å². The van der Waals surface area contributed by atoms with E-state index >= 15 is 0 Å². The second kappa shape index (κ2) is 7.30. The summed E-state index contributed by atoms with van der Waals surface area (Å²) in [6.45, 7) is 2.91. The molecule has 2 aliphatic heterocycles. The zero-order valence-electron chi connectivity index (χ0n) is 13.9. The summed E-state index contributed by atoms with van der Waals surface area (Å²) in [5, 5.41) is 5.42. The Balaban J connectivity index is 1.48. The van der Waals surface area contributed by atoms with Crippen molar-refractivity contribution in [3.63, 3.8) is 0 Å². The Kier molecular flexibility index (Phi) is 4.90. The van der Waals surface area contributed by atoms with Gasteiger partial charge in [-0.1, -0.05) is 29.8 Å². The Morgan fingerprint density at radius 3 is 3.04 bits per heavy atom. The van der Waals surface area contributed by atoms with Crippen LogP contribution in [-0.4, -0.2) is 46.0 Å². The van der Waals surface area contributed by atoms with Gasteiger partial charge in [-0.05, 0) is 18.1 Å². The van der Waals surface area contributed by atoms with Gasteiger partial charge < -0.3 is 9.64 Å². The highest BCUT2D eigenvalue weighted by atomic mass is 35.5. The third-order valence-corrected chi connectivity index (χ3v) is 6.31. The number of carbonyl (C=O) groups excluding carboxylic acids is 1. The molecule has 0 spiro atoms. The third-order valence-electron chi connectivity index (χ3n) is 4.66. The molecule has 1 aromatic heterocycles. The van der Waals surface area contributed by atoms with Crippen molar-refractivity contribution in [3.05, 3.63) is 46.6 Å². The molecule has 0 bridgehead atoms. The molecule has 3 heterocycles. The van der Waals surface area contributed by atoms with Gasteiger partial charge in [-0.25, -0.2) is 4.68 Å². The van der Waals surface area contributed by atoms with Crippen LogP contribution in [0.1, 0.15) is 34.0 Å². The number of rotatable bonds is 2. The van der Waals surface area contributed by atoms with E-state index in [0.29, 0.717) is 29.8 Å². The Labute approximate surface area is 156 Å². The van der Waals surface area contributed by atoms with Crippen LogP contribution in [0.25, 0.3) is 0 Å². The van der Waals surface area contributed by atoms with E-state index in [1.807, 2.05) is 34.9 Å². The van der Waals surface area contributed by atoms with Gasteiger partial charge in [-0.3, -0.25) is 4.79 Å². The summed E-state index contributed by atoms with van der Waals surface area (Å²) >= 11 is 8.22. The van der Waals surface area contributed by atoms with E-state index < -0.39 is 0 Å². The van der Waals surface area contributed by atoms with Crippen LogP contribution in [0.3, 0.4) is 0 Å². The van der Waals surface area contributed by atoms with Crippen molar-refractivity contribution in [1.82, 2.24) is 14.7 Å². The van der Waals surface area contributed by atoms with Crippen molar-refractivity contribution in [2.75, 3.05) is 25.4 Å². The number of halogens is 1. The number of amides is 1. The van der Waals surface area contributed by atoms with Crippen LogP contribution in [-0.2, 0) is 6.54 Å². The predicted octanol–water partition coefficient (Wildman–Crippen LogP) is 3.64. The zero-order valence-corrected chi connectivity index (χ0v) is 15.4. The van der Waals surface area contributed by atoms with Crippen molar-refractivity contribution < 1.29 is 9.53 Å². The SMILES string of the molecule is O=C(c1cnn2c1OCCC2)N1CCSC(c2ccccc2Cl)CC1. The molecule has 5 nitrogen and oxygen atoms in total. The topological polar surface area (TPSA) is 47.4 Å². The second-order valence-electron chi connectivity index (χ2n) is 6.25. The van der Waals surface area contributed by atoms with Crippen LogP contribution in [0.4, 0.5) is 0 Å². The van der Waals surface area contributed by atoms with Crippen molar-refractivity contribution in [2.45, 2.75) is 24.6 Å². The lowest BCUT2D eigenvalue weighted by Crippen LogP contribution is -2.33. The van der Waals surface area contributed by atoms with E-state index in [-0.39, 0.29) is 5.91 Å². The smallest absolute Gasteiger partial charge is 0.261 e. The molecule has 1 unspecified atom stereocenters. The highest BCUT2D eigenvalue weighted by molar-refractivity contribution is 7.99. The van der Waals surface area contributed by atoms with Crippen LogP contribution < -0.4 is 4.74 Å². The molecule has 2 aliphatic rings. The van der Waals surface area contributed by atoms with Crippen LogP contribution in [0.5, 0.6) is 5.88 Å². The normalized spacial score (nSPS) is 20.5. The molecule has 0 radical (unpaired) electrons. The molecule has 2 aromatic rings. The first-order valence-electron chi connectivity index (χ1n) is 8.58. The molecular formula is C18H20ClN3O2S. The minimum absolute atomic E-state index is 0.0172. The number of ether oxygens (including phenoxy) is 1. The molecule has 1 atom stereocenters. The Morgan fingerprint density at radius 1 is 1.28 bits per heavy atom. The number of nitrogens with zero attached hydrogens (tertiary/aromatic N) is 3. The standard InChI is InChI=1S/C18H20ClN3O2S/c19-15-5-2-1-4-13(15)16-6-8-21(9-11-25-16)17(23)14-12-20-22-7-3-10-24-18(14)22/h1-2,4-5,12,16H,3,6-11H2. The molecule has 7 heteroatoms. The Hall–Kier alpha value is -1.66. The van der Waals surface area contributed by atoms with E-state index in [1.54, 1.807) is 10.9 Å². The highest BCUT2D eigenvalue weighted by Crippen LogP contribution is 2.38. The number of aryl methyl sites for hydroxylation is 1. The molecule has 1 saturated heterocycles. The molecule has 1 amide bonds. The van der Waals surface area contributed by atoms with Crippen LogP contribution in [0, 0.1) is 0 Å². The molecule has 0 saturated carbocycles. The number of aromatic nitrogens is 2. The molecular weight excluding hydrogens is 358 g/mol. The van der Waals surface area contributed by atoms with Gasteiger partial charge in [0, 0.05) is 42.1 Å². The van der Waals surface area contributed by atoms with Gasteiger partial charge in [0.05, 0.1) is 12.8 Å². The van der Waals surface area contributed by atoms with E-state index in [2.05, 4.69) is 11.2 Å². The van der Waals surface area contributed by atoms with Gasteiger partial charge >= 0.3 is 0 Å². The monoisotopic (exact) mass is 377 g/mol. The maximum atomic E-state index is 13.0.